The molecule has 0 radical (unpaired) electrons. The number of methoxy groups -OCH3 is 1. The Kier molecular flexibility index (Phi) is 5.51. The van der Waals surface area contributed by atoms with Crippen LogP contribution in [0.1, 0.15) is 5.56 Å². The number of nitrogens with zero attached hydrogens (tertiary/aromatic N) is 3. The quantitative estimate of drug-likeness (QED) is 0.563. The van der Waals surface area contributed by atoms with Crippen LogP contribution in [0.15, 0.2) is 33.2 Å². The lowest BCUT2D eigenvalue weighted by Crippen LogP contribution is -2.41. The summed E-state index contributed by atoms with van der Waals surface area (Å²) in [5.74, 6) is -1.06. The first-order valence-electron chi connectivity index (χ1n) is 7.50. The fourth-order valence-electron chi connectivity index (χ4n) is 2.33. The summed E-state index contributed by atoms with van der Waals surface area (Å²) in [6.07, 6.45) is 3.35. The number of fused-ring (bicyclic) bond motifs is 1. The maximum absolute atomic E-state index is 12.3. The number of thioether (sulfide) groups is 1. The van der Waals surface area contributed by atoms with Crippen molar-refractivity contribution in [3.05, 3.63) is 29.3 Å². The smallest absolute Gasteiger partial charge is 0.341 e. The van der Waals surface area contributed by atoms with Crippen LogP contribution in [-0.4, -0.2) is 58.0 Å². The van der Waals surface area contributed by atoms with Crippen molar-refractivity contribution in [2.24, 2.45) is 9.39 Å². The van der Waals surface area contributed by atoms with Crippen LogP contribution in [0, 0.1) is 5.41 Å². The van der Waals surface area contributed by atoms with Crippen molar-refractivity contribution in [3.8, 4) is 11.5 Å². The van der Waals surface area contributed by atoms with Crippen molar-refractivity contribution in [2.75, 3.05) is 20.0 Å². The van der Waals surface area contributed by atoms with Gasteiger partial charge in [0.1, 0.15) is 5.84 Å². The Morgan fingerprint density at radius 1 is 1.44 bits per heavy atom. The second-order valence-corrected chi connectivity index (χ2v) is 6.71. The molecule has 2 N–H and O–H groups in total. The van der Waals surface area contributed by atoms with E-state index in [9.17, 15) is 9.59 Å². The summed E-state index contributed by atoms with van der Waals surface area (Å²) in [4.78, 5) is 28.5. The van der Waals surface area contributed by atoms with E-state index < -0.39 is 18.5 Å². The maximum atomic E-state index is 12.3. The number of carboxylic acid groups (broad SMARTS) is 1. The summed E-state index contributed by atoms with van der Waals surface area (Å²) in [6.45, 7) is -0.499. The topological polar surface area (TPSA) is 125 Å². The first-order chi connectivity index (χ1) is 12.9. The number of carbonyl (C=O) groups is 2. The number of carbonyl (C=O) groups excluding carboxylic acids is 1. The molecule has 2 aliphatic rings. The standard InChI is InChI=1S/C16H14N4O5S2/c1-24-11-6-8(3-4-10(11)25-7-12(21)22)5-9-13(17)20-15(18-14(9)23)27-19-16(20)26-2/h3-6,17H,7H2,1-2H3,(H,21,22)/b9-5-,17-13?. The third-order valence-corrected chi connectivity index (χ3v) is 4.98. The number of aliphatic imine (C=N–C) groups is 1. The molecular formula is C16H14N4O5S2. The van der Waals surface area contributed by atoms with Gasteiger partial charge in [-0.05, 0) is 30.0 Å². The molecule has 1 amide bonds. The number of nitrogens with one attached hydrogen (secondary N) is 1. The number of amides is 1. The second-order valence-electron chi connectivity index (χ2n) is 5.20. The first-order valence-corrected chi connectivity index (χ1v) is 9.49. The predicted molar refractivity (Wildman–Crippen MR) is 105 cm³/mol. The van der Waals surface area contributed by atoms with Crippen molar-refractivity contribution >= 4 is 57.8 Å². The molecule has 140 valence electrons. The molecule has 1 aromatic carbocycles. The van der Waals surface area contributed by atoms with Gasteiger partial charge in [0, 0.05) is 0 Å². The fourth-order valence-corrected chi connectivity index (χ4v) is 3.78. The average Bonchev–Trinajstić information content (AvgIpc) is 3.06. The van der Waals surface area contributed by atoms with E-state index in [1.54, 1.807) is 18.2 Å². The average molecular weight is 406 g/mol. The summed E-state index contributed by atoms with van der Waals surface area (Å²) >= 11 is 2.42. The molecule has 0 aliphatic carbocycles. The molecule has 1 aromatic rings. The summed E-state index contributed by atoms with van der Waals surface area (Å²) in [5.41, 5.74) is 0.694. The van der Waals surface area contributed by atoms with Crippen LogP contribution >= 0.6 is 23.7 Å². The fraction of sp³-hybridized carbons (Fsp3) is 0.188. The maximum Gasteiger partial charge on any atom is 0.341 e. The van der Waals surface area contributed by atoms with Gasteiger partial charge < -0.3 is 14.6 Å². The number of ether oxygens (including phenoxy) is 2. The van der Waals surface area contributed by atoms with E-state index in [0.717, 1.165) is 11.9 Å². The summed E-state index contributed by atoms with van der Waals surface area (Å²) in [7, 11) is 1.42. The molecule has 0 saturated heterocycles. The van der Waals surface area contributed by atoms with E-state index in [4.69, 9.17) is 20.0 Å². The molecule has 0 atom stereocenters. The highest BCUT2D eigenvalue weighted by atomic mass is 32.2. The third-order valence-electron chi connectivity index (χ3n) is 3.53. The lowest BCUT2D eigenvalue weighted by molar-refractivity contribution is -0.139. The molecule has 0 unspecified atom stereocenters. The molecule has 0 spiro atoms. The largest absolute Gasteiger partial charge is 0.493 e. The van der Waals surface area contributed by atoms with Gasteiger partial charge in [-0.15, -0.1) is 0 Å². The van der Waals surface area contributed by atoms with E-state index in [1.165, 1.54) is 29.8 Å². The van der Waals surface area contributed by atoms with Crippen LogP contribution in [0.3, 0.4) is 0 Å². The second kappa shape index (κ2) is 7.84. The number of benzene rings is 1. The minimum atomic E-state index is -1.10. The molecule has 3 rings (SSSR count). The highest BCUT2D eigenvalue weighted by molar-refractivity contribution is 8.18. The van der Waals surface area contributed by atoms with Crippen molar-refractivity contribution in [1.29, 1.82) is 5.41 Å². The van der Waals surface area contributed by atoms with Gasteiger partial charge in [-0.25, -0.2) is 9.69 Å². The van der Waals surface area contributed by atoms with Crippen LogP contribution in [0.5, 0.6) is 11.5 Å². The van der Waals surface area contributed by atoms with Crippen molar-refractivity contribution in [1.82, 2.24) is 4.90 Å². The van der Waals surface area contributed by atoms with Crippen molar-refractivity contribution in [3.63, 3.8) is 0 Å². The molecule has 9 nitrogen and oxygen atoms in total. The van der Waals surface area contributed by atoms with E-state index in [2.05, 4.69) is 9.39 Å². The molecule has 2 heterocycles. The number of rotatable bonds is 5. The van der Waals surface area contributed by atoms with Gasteiger partial charge >= 0.3 is 5.97 Å². The van der Waals surface area contributed by atoms with Crippen LogP contribution in [0.25, 0.3) is 6.08 Å². The van der Waals surface area contributed by atoms with E-state index in [1.807, 2.05) is 6.26 Å². The molecule has 11 heteroatoms. The Balaban J connectivity index is 1.92. The monoisotopic (exact) mass is 406 g/mol. The van der Waals surface area contributed by atoms with Gasteiger partial charge in [0.2, 0.25) is 5.17 Å². The number of hydrogen-bond donors (Lipinski definition) is 2. The highest BCUT2D eigenvalue weighted by Gasteiger charge is 2.36. The third kappa shape index (κ3) is 3.83. The first kappa shape index (κ1) is 19.0. The Morgan fingerprint density at radius 2 is 2.22 bits per heavy atom. The van der Waals surface area contributed by atoms with Gasteiger partial charge in [-0.1, -0.05) is 17.8 Å². The Hall–Kier alpha value is -2.79. The van der Waals surface area contributed by atoms with Crippen LogP contribution in [0.4, 0.5) is 0 Å². The lowest BCUT2D eigenvalue weighted by Gasteiger charge is -2.23. The Morgan fingerprint density at radius 3 is 2.89 bits per heavy atom. The number of amidine groups is 3. The number of carboxylic acids is 1. The molecule has 0 aromatic heterocycles. The summed E-state index contributed by atoms with van der Waals surface area (Å²) < 4.78 is 14.6. The van der Waals surface area contributed by atoms with Gasteiger partial charge in [0.15, 0.2) is 23.3 Å². The molecule has 0 saturated carbocycles. The minimum Gasteiger partial charge on any atom is -0.493 e. The SMILES string of the molecule is COc1cc(/C=C2/C(=N)N3C(SC)=NSC3=NC2=O)ccc1OCC(=O)O. The zero-order chi connectivity index (χ0) is 19.6. The van der Waals surface area contributed by atoms with Crippen LogP contribution < -0.4 is 9.47 Å². The molecule has 27 heavy (non-hydrogen) atoms. The van der Waals surface area contributed by atoms with Crippen LogP contribution in [-0.2, 0) is 9.59 Å². The summed E-state index contributed by atoms with van der Waals surface area (Å²) in [5, 5.41) is 18.0. The van der Waals surface area contributed by atoms with Gasteiger partial charge in [0.05, 0.1) is 24.6 Å². The van der Waals surface area contributed by atoms with E-state index in [-0.39, 0.29) is 17.2 Å². The molecule has 0 bridgehead atoms. The van der Waals surface area contributed by atoms with Gasteiger partial charge in [-0.2, -0.15) is 9.39 Å². The van der Waals surface area contributed by atoms with Gasteiger partial charge in [0.25, 0.3) is 5.91 Å². The highest BCUT2D eigenvalue weighted by Crippen LogP contribution is 2.32. The van der Waals surface area contributed by atoms with Crippen molar-refractivity contribution in [2.45, 2.75) is 0 Å². The molecular weight excluding hydrogens is 392 g/mol. The number of aliphatic carboxylic acids is 1. The predicted octanol–water partition coefficient (Wildman–Crippen LogP) is 2.10. The van der Waals surface area contributed by atoms with E-state index in [0.29, 0.717) is 21.6 Å². The normalized spacial score (nSPS) is 17.6. The molecule has 0 fully saturated rings. The number of hydrogen-bond acceptors (Lipinski definition) is 8. The molecule has 2 aliphatic heterocycles. The van der Waals surface area contributed by atoms with Crippen molar-refractivity contribution < 1.29 is 24.2 Å². The zero-order valence-electron chi connectivity index (χ0n) is 14.3. The minimum absolute atomic E-state index is 0.00623. The van der Waals surface area contributed by atoms with E-state index >= 15 is 0 Å². The van der Waals surface area contributed by atoms with Gasteiger partial charge in [-0.3, -0.25) is 10.2 Å². The Bertz CT molecular complexity index is 925. The zero-order valence-corrected chi connectivity index (χ0v) is 15.9. The summed E-state index contributed by atoms with van der Waals surface area (Å²) in [6, 6.07) is 4.77. The Labute approximate surface area is 162 Å². The van der Waals surface area contributed by atoms with Crippen LogP contribution in [0.2, 0.25) is 0 Å². The lowest BCUT2D eigenvalue weighted by atomic mass is 10.1.